The van der Waals surface area contributed by atoms with Gasteiger partial charge in [0, 0.05) is 38.8 Å². The fraction of sp³-hybridized carbons (Fsp3) is 0.0652. The van der Waals surface area contributed by atoms with Crippen molar-refractivity contribution in [2.75, 3.05) is 4.90 Å². The van der Waals surface area contributed by atoms with Crippen molar-refractivity contribution in [2.45, 2.75) is 19.3 Å². The van der Waals surface area contributed by atoms with E-state index in [1.165, 1.54) is 27.8 Å². The van der Waals surface area contributed by atoms with Crippen LogP contribution in [0.5, 0.6) is 0 Å². The van der Waals surface area contributed by atoms with Crippen LogP contribution in [0.4, 0.5) is 17.1 Å². The van der Waals surface area contributed by atoms with Gasteiger partial charge in [-0.05, 0) is 100 Å². The largest absolute Gasteiger partial charge is 0.456 e. The van der Waals surface area contributed by atoms with Gasteiger partial charge in [0.05, 0.1) is 0 Å². The molecule has 0 N–H and O–H groups in total. The fourth-order valence-corrected chi connectivity index (χ4v) is 7.85. The maximum absolute atomic E-state index is 6.45. The summed E-state index contributed by atoms with van der Waals surface area (Å²) in [7, 11) is 0. The number of para-hydroxylation sites is 2. The van der Waals surface area contributed by atoms with Crippen molar-refractivity contribution in [3.05, 3.63) is 169 Å². The summed E-state index contributed by atoms with van der Waals surface area (Å²) in [5, 5.41) is 1.99. The summed E-state index contributed by atoms with van der Waals surface area (Å²) in [5.41, 5.74) is 14.8. The van der Waals surface area contributed by atoms with Gasteiger partial charge in [0.25, 0.3) is 0 Å². The lowest BCUT2D eigenvalue weighted by Gasteiger charge is -2.28. The summed E-state index contributed by atoms with van der Waals surface area (Å²) in [6.07, 6.45) is 0. The molecule has 2 aromatic heterocycles. The van der Waals surface area contributed by atoms with Gasteiger partial charge in [-0.2, -0.15) is 0 Å². The SMILES string of the molecule is CC1(C)c2ccccc2-c2ccc(N(c3cccc(-c4ccccc4)c3)c3ccc4oc5cccc(-c6nc7ccccc7o6)c5c4c3)cc21. The Morgan fingerprint density at radius 1 is 0.480 bits per heavy atom. The van der Waals surface area contributed by atoms with Crippen molar-refractivity contribution in [3.8, 4) is 33.7 Å². The molecule has 7 aromatic carbocycles. The molecule has 238 valence electrons. The lowest BCUT2D eigenvalue weighted by molar-refractivity contribution is 0.620. The Bertz CT molecular complexity index is 2720. The predicted molar refractivity (Wildman–Crippen MR) is 204 cm³/mol. The van der Waals surface area contributed by atoms with E-state index in [1.54, 1.807) is 0 Å². The molecule has 0 amide bonds. The van der Waals surface area contributed by atoms with Crippen LogP contribution in [0.25, 0.3) is 66.7 Å². The van der Waals surface area contributed by atoms with Gasteiger partial charge >= 0.3 is 0 Å². The van der Waals surface area contributed by atoms with Crippen LogP contribution in [0.2, 0.25) is 0 Å². The minimum atomic E-state index is -0.126. The molecule has 0 radical (unpaired) electrons. The average Bonchev–Trinajstić information content (AvgIpc) is 3.83. The second-order valence-corrected chi connectivity index (χ2v) is 13.6. The standard InChI is InChI=1S/C46H32N2O2/c1-46(2)38-18-7-6-16-34(38)35-24-22-33(28-39(35)46)48(31-15-10-14-30(26-31)29-12-4-3-5-13-29)32-23-25-41-37(27-32)44-36(17-11-21-43(44)49-41)45-47-40-19-8-9-20-42(40)50-45/h3-28H,1-2H3. The van der Waals surface area contributed by atoms with E-state index < -0.39 is 0 Å². The molecule has 50 heavy (non-hydrogen) atoms. The highest BCUT2D eigenvalue weighted by Crippen LogP contribution is 2.51. The maximum atomic E-state index is 6.45. The summed E-state index contributed by atoms with van der Waals surface area (Å²) < 4.78 is 12.7. The lowest BCUT2D eigenvalue weighted by Crippen LogP contribution is -2.16. The maximum Gasteiger partial charge on any atom is 0.228 e. The second-order valence-electron chi connectivity index (χ2n) is 13.6. The van der Waals surface area contributed by atoms with E-state index >= 15 is 0 Å². The Hall–Kier alpha value is -6.39. The van der Waals surface area contributed by atoms with E-state index in [0.29, 0.717) is 5.89 Å². The van der Waals surface area contributed by atoms with Crippen LogP contribution in [0.15, 0.2) is 167 Å². The molecule has 4 nitrogen and oxygen atoms in total. The summed E-state index contributed by atoms with van der Waals surface area (Å²) in [5.74, 6) is 0.581. The quantitative estimate of drug-likeness (QED) is 0.187. The van der Waals surface area contributed by atoms with E-state index in [1.807, 2.05) is 36.4 Å². The van der Waals surface area contributed by atoms with Gasteiger partial charge in [-0.1, -0.05) is 105 Å². The third kappa shape index (κ3) is 4.35. The molecule has 0 saturated carbocycles. The zero-order chi connectivity index (χ0) is 33.4. The minimum Gasteiger partial charge on any atom is -0.456 e. The highest BCUT2D eigenvalue weighted by molar-refractivity contribution is 6.13. The van der Waals surface area contributed by atoms with E-state index in [4.69, 9.17) is 13.8 Å². The number of anilines is 3. The molecule has 9 aromatic rings. The summed E-state index contributed by atoms with van der Waals surface area (Å²) >= 11 is 0. The lowest BCUT2D eigenvalue weighted by atomic mass is 9.82. The van der Waals surface area contributed by atoms with Gasteiger partial charge in [-0.15, -0.1) is 0 Å². The molecule has 0 saturated heterocycles. The summed E-state index contributed by atoms with van der Waals surface area (Å²) in [6.45, 7) is 4.66. The summed E-state index contributed by atoms with van der Waals surface area (Å²) in [4.78, 5) is 7.22. The van der Waals surface area contributed by atoms with Gasteiger partial charge in [0.2, 0.25) is 5.89 Å². The van der Waals surface area contributed by atoms with Crippen molar-refractivity contribution in [1.82, 2.24) is 4.98 Å². The number of benzene rings is 7. The molecule has 0 aliphatic heterocycles. The second kappa shape index (κ2) is 10.8. The number of fused-ring (bicyclic) bond motifs is 7. The topological polar surface area (TPSA) is 42.4 Å². The molecule has 2 heterocycles. The Balaban J connectivity index is 1.19. The molecule has 0 unspecified atom stereocenters. The Labute approximate surface area is 289 Å². The number of hydrogen-bond acceptors (Lipinski definition) is 4. The van der Waals surface area contributed by atoms with Crippen LogP contribution in [-0.2, 0) is 5.41 Å². The first-order chi connectivity index (χ1) is 24.5. The van der Waals surface area contributed by atoms with Crippen molar-refractivity contribution in [2.24, 2.45) is 0 Å². The number of aromatic nitrogens is 1. The molecule has 0 spiro atoms. The Kier molecular flexibility index (Phi) is 6.19. The third-order valence-corrected chi connectivity index (χ3v) is 10.3. The first-order valence-electron chi connectivity index (χ1n) is 17.0. The molecule has 0 atom stereocenters. The van der Waals surface area contributed by atoms with Gasteiger partial charge < -0.3 is 13.7 Å². The molecule has 10 rings (SSSR count). The molecule has 4 heteroatoms. The van der Waals surface area contributed by atoms with E-state index in [2.05, 4.69) is 140 Å². The average molecular weight is 645 g/mol. The van der Waals surface area contributed by atoms with Crippen LogP contribution < -0.4 is 4.90 Å². The minimum absolute atomic E-state index is 0.126. The van der Waals surface area contributed by atoms with Crippen molar-refractivity contribution in [1.29, 1.82) is 0 Å². The normalized spacial score (nSPS) is 13.2. The molecule has 0 bridgehead atoms. The Morgan fingerprint density at radius 3 is 2.06 bits per heavy atom. The van der Waals surface area contributed by atoms with E-state index in [-0.39, 0.29) is 5.41 Å². The highest BCUT2D eigenvalue weighted by atomic mass is 16.3. The number of furan rings is 1. The smallest absolute Gasteiger partial charge is 0.228 e. The van der Waals surface area contributed by atoms with Crippen molar-refractivity contribution < 1.29 is 8.83 Å². The van der Waals surface area contributed by atoms with Gasteiger partial charge in [0.1, 0.15) is 16.7 Å². The van der Waals surface area contributed by atoms with Crippen LogP contribution in [0.1, 0.15) is 25.0 Å². The van der Waals surface area contributed by atoms with Crippen LogP contribution in [-0.4, -0.2) is 4.98 Å². The number of rotatable bonds is 5. The van der Waals surface area contributed by atoms with E-state index in [0.717, 1.165) is 61.2 Å². The summed E-state index contributed by atoms with van der Waals surface area (Å²) in [6, 6.07) is 55.6. The first kappa shape index (κ1) is 28.6. The third-order valence-electron chi connectivity index (χ3n) is 10.3. The van der Waals surface area contributed by atoms with Gasteiger partial charge in [-0.25, -0.2) is 4.98 Å². The first-order valence-corrected chi connectivity index (χ1v) is 17.0. The monoisotopic (exact) mass is 644 g/mol. The molecular formula is C46H32N2O2. The number of hydrogen-bond donors (Lipinski definition) is 0. The molecular weight excluding hydrogens is 613 g/mol. The van der Waals surface area contributed by atoms with Crippen LogP contribution in [0.3, 0.4) is 0 Å². The van der Waals surface area contributed by atoms with Crippen molar-refractivity contribution >= 4 is 50.1 Å². The molecule has 0 fully saturated rings. The van der Waals surface area contributed by atoms with Crippen molar-refractivity contribution in [3.63, 3.8) is 0 Å². The highest BCUT2D eigenvalue weighted by Gasteiger charge is 2.35. The van der Waals surface area contributed by atoms with Crippen LogP contribution >= 0.6 is 0 Å². The predicted octanol–water partition coefficient (Wildman–Crippen LogP) is 12.8. The fourth-order valence-electron chi connectivity index (χ4n) is 7.85. The molecule has 1 aliphatic carbocycles. The number of nitrogens with zero attached hydrogens (tertiary/aromatic N) is 2. The Morgan fingerprint density at radius 2 is 1.16 bits per heavy atom. The van der Waals surface area contributed by atoms with Crippen LogP contribution in [0, 0.1) is 0 Å². The number of oxazole rings is 1. The zero-order valence-corrected chi connectivity index (χ0v) is 27.7. The zero-order valence-electron chi connectivity index (χ0n) is 27.7. The van der Waals surface area contributed by atoms with E-state index in [9.17, 15) is 0 Å². The van der Waals surface area contributed by atoms with Gasteiger partial charge in [-0.3, -0.25) is 0 Å². The van der Waals surface area contributed by atoms with Gasteiger partial charge in [0.15, 0.2) is 5.58 Å². The molecule has 1 aliphatic rings.